The number of nitrogens with two attached hydrogens (primary N) is 1. The third-order valence-electron chi connectivity index (χ3n) is 3.89. The number of nitrogens with zero attached hydrogens (tertiary/aromatic N) is 4. The Hall–Kier alpha value is -1.62. The van der Waals surface area contributed by atoms with E-state index in [9.17, 15) is 0 Å². The average Bonchev–Trinajstić information content (AvgIpc) is 2.87. The smallest absolute Gasteiger partial charge is 0.154 e. The molecule has 18 heavy (non-hydrogen) atoms. The maximum Gasteiger partial charge on any atom is 0.154 e. The SMILES string of the molecule is CC1CCC(CN)CN1c1nccn2nccc12. The molecule has 1 fully saturated rings. The van der Waals surface area contributed by atoms with E-state index in [0.29, 0.717) is 12.0 Å². The van der Waals surface area contributed by atoms with E-state index >= 15 is 0 Å². The molecule has 0 aliphatic carbocycles. The topological polar surface area (TPSA) is 59.5 Å². The molecule has 1 aliphatic rings. The van der Waals surface area contributed by atoms with Crippen molar-refractivity contribution in [2.75, 3.05) is 18.0 Å². The maximum atomic E-state index is 5.82. The molecule has 0 aromatic carbocycles. The summed E-state index contributed by atoms with van der Waals surface area (Å²) >= 11 is 0. The van der Waals surface area contributed by atoms with Crippen LogP contribution >= 0.6 is 0 Å². The molecule has 1 saturated heterocycles. The first kappa shape index (κ1) is 11.5. The summed E-state index contributed by atoms with van der Waals surface area (Å²) in [7, 11) is 0. The van der Waals surface area contributed by atoms with Crippen molar-refractivity contribution in [2.24, 2.45) is 11.7 Å². The van der Waals surface area contributed by atoms with E-state index in [0.717, 1.165) is 24.4 Å². The molecule has 2 unspecified atom stereocenters. The number of aromatic nitrogens is 3. The molecular formula is C13H19N5. The predicted octanol–water partition coefficient (Wildman–Crippen LogP) is 1.29. The fourth-order valence-electron chi connectivity index (χ4n) is 2.73. The molecule has 0 saturated carbocycles. The van der Waals surface area contributed by atoms with Gasteiger partial charge in [0.05, 0.1) is 6.20 Å². The van der Waals surface area contributed by atoms with Crippen LogP contribution in [0.1, 0.15) is 19.8 Å². The number of rotatable bonds is 2. The van der Waals surface area contributed by atoms with E-state index in [1.54, 1.807) is 0 Å². The van der Waals surface area contributed by atoms with Gasteiger partial charge in [0.25, 0.3) is 0 Å². The Labute approximate surface area is 107 Å². The number of fused-ring (bicyclic) bond motifs is 1. The van der Waals surface area contributed by atoms with Crippen LogP contribution in [-0.4, -0.2) is 33.7 Å². The zero-order valence-corrected chi connectivity index (χ0v) is 10.7. The third-order valence-corrected chi connectivity index (χ3v) is 3.89. The van der Waals surface area contributed by atoms with Crippen molar-refractivity contribution < 1.29 is 0 Å². The summed E-state index contributed by atoms with van der Waals surface area (Å²) in [6.07, 6.45) is 7.91. The monoisotopic (exact) mass is 245 g/mol. The van der Waals surface area contributed by atoms with E-state index < -0.39 is 0 Å². The fraction of sp³-hybridized carbons (Fsp3) is 0.538. The molecule has 0 spiro atoms. The molecule has 3 heterocycles. The van der Waals surface area contributed by atoms with Gasteiger partial charge in [-0.05, 0) is 38.3 Å². The van der Waals surface area contributed by atoms with Crippen LogP contribution in [0.5, 0.6) is 0 Å². The Morgan fingerprint density at radius 2 is 2.28 bits per heavy atom. The van der Waals surface area contributed by atoms with Crippen molar-refractivity contribution in [1.82, 2.24) is 14.6 Å². The Balaban J connectivity index is 1.99. The van der Waals surface area contributed by atoms with Gasteiger partial charge in [0, 0.05) is 25.0 Å². The van der Waals surface area contributed by atoms with Crippen LogP contribution in [0.4, 0.5) is 5.82 Å². The van der Waals surface area contributed by atoms with E-state index in [-0.39, 0.29) is 0 Å². The summed E-state index contributed by atoms with van der Waals surface area (Å²) in [6.45, 7) is 4.01. The second-order valence-corrected chi connectivity index (χ2v) is 5.09. The Kier molecular flexibility index (Phi) is 2.91. The lowest BCUT2D eigenvalue weighted by Gasteiger charge is -2.38. The number of piperidine rings is 1. The summed E-state index contributed by atoms with van der Waals surface area (Å²) < 4.78 is 1.88. The zero-order valence-electron chi connectivity index (χ0n) is 10.7. The molecule has 0 bridgehead atoms. The molecule has 2 aromatic heterocycles. The second-order valence-electron chi connectivity index (χ2n) is 5.09. The highest BCUT2D eigenvalue weighted by Gasteiger charge is 2.26. The highest BCUT2D eigenvalue weighted by molar-refractivity contribution is 5.68. The summed E-state index contributed by atoms with van der Waals surface area (Å²) in [5, 5.41) is 4.26. The van der Waals surface area contributed by atoms with Gasteiger partial charge in [-0.25, -0.2) is 9.50 Å². The largest absolute Gasteiger partial charge is 0.352 e. The van der Waals surface area contributed by atoms with Gasteiger partial charge in [-0.15, -0.1) is 0 Å². The lowest BCUT2D eigenvalue weighted by Crippen LogP contribution is -2.44. The average molecular weight is 245 g/mol. The Morgan fingerprint density at radius 3 is 3.11 bits per heavy atom. The zero-order chi connectivity index (χ0) is 12.5. The molecule has 3 rings (SSSR count). The van der Waals surface area contributed by atoms with E-state index in [2.05, 4.69) is 21.9 Å². The molecule has 5 heteroatoms. The standard InChI is InChI=1S/C13H19N5/c1-10-2-3-11(8-14)9-17(10)13-12-4-5-16-18(12)7-6-15-13/h4-7,10-11H,2-3,8-9,14H2,1H3. The molecule has 2 atom stereocenters. The minimum Gasteiger partial charge on any atom is -0.352 e. The van der Waals surface area contributed by atoms with Crippen molar-refractivity contribution >= 4 is 11.3 Å². The Bertz CT molecular complexity index is 535. The van der Waals surface area contributed by atoms with Gasteiger partial charge in [-0.3, -0.25) is 0 Å². The second kappa shape index (κ2) is 4.57. The van der Waals surface area contributed by atoms with Crippen LogP contribution in [0.15, 0.2) is 24.7 Å². The first-order valence-electron chi connectivity index (χ1n) is 6.54. The molecule has 2 N–H and O–H groups in total. The molecule has 0 amide bonds. The van der Waals surface area contributed by atoms with Crippen molar-refractivity contribution in [1.29, 1.82) is 0 Å². The number of anilines is 1. The fourth-order valence-corrected chi connectivity index (χ4v) is 2.73. The van der Waals surface area contributed by atoms with Crippen LogP contribution in [0.3, 0.4) is 0 Å². The van der Waals surface area contributed by atoms with Gasteiger partial charge in [-0.1, -0.05) is 0 Å². The highest BCUT2D eigenvalue weighted by atomic mass is 15.3. The molecule has 0 radical (unpaired) electrons. The van der Waals surface area contributed by atoms with Crippen LogP contribution in [0, 0.1) is 5.92 Å². The molecule has 5 nitrogen and oxygen atoms in total. The van der Waals surface area contributed by atoms with Crippen LogP contribution < -0.4 is 10.6 Å². The van der Waals surface area contributed by atoms with Crippen molar-refractivity contribution in [3.05, 3.63) is 24.7 Å². The Morgan fingerprint density at radius 1 is 1.39 bits per heavy atom. The van der Waals surface area contributed by atoms with Gasteiger partial charge < -0.3 is 10.6 Å². The summed E-state index contributed by atoms with van der Waals surface area (Å²) in [6, 6.07) is 2.53. The number of hydrogen-bond donors (Lipinski definition) is 1. The summed E-state index contributed by atoms with van der Waals surface area (Å²) in [5.74, 6) is 1.60. The van der Waals surface area contributed by atoms with E-state index in [4.69, 9.17) is 5.73 Å². The van der Waals surface area contributed by atoms with Crippen LogP contribution in [0.25, 0.3) is 5.52 Å². The molecule has 96 valence electrons. The number of hydrogen-bond acceptors (Lipinski definition) is 4. The van der Waals surface area contributed by atoms with Crippen LogP contribution in [0.2, 0.25) is 0 Å². The van der Waals surface area contributed by atoms with Crippen LogP contribution in [-0.2, 0) is 0 Å². The van der Waals surface area contributed by atoms with Gasteiger partial charge in [0.15, 0.2) is 5.82 Å². The normalized spacial score (nSPS) is 24.7. The van der Waals surface area contributed by atoms with Gasteiger partial charge >= 0.3 is 0 Å². The van der Waals surface area contributed by atoms with Crippen molar-refractivity contribution in [2.45, 2.75) is 25.8 Å². The first-order valence-corrected chi connectivity index (χ1v) is 6.54. The summed E-state index contributed by atoms with van der Waals surface area (Å²) in [5.41, 5.74) is 6.89. The summed E-state index contributed by atoms with van der Waals surface area (Å²) in [4.78, 5) is 6.92. The first-order chi connectivity index (χ1) is 8.79. The van der Waals surface area contributed by atoms with Crippen molar-refractivity contribution in [3.8, 4) is 0 Å². The lowest BCUT2D eigenvalue weighted by molar-refractivity contribution is 0.372. The van der Waals surface area contributed by atoms with Crippen molar-refractivity contribution in [3.63, 3.8) is 0 Å². The van der Waals surface area contributed by atoms with E-state index in [1.165, 1.54) is 12.8 Å². The minimum absolute atomic E-state index is 0.515. The highest BCUT2D eigenvalue weighted by Crippen LogP contribution is 2.28. The minimum atomic E-state index is 0.515. The van der Waals surface area contributed by atoms with E-state index in [1.807, 2.05) is 29.2 Å². The predicted molar refractivity (Wildman–Crippen MR) is 71.6 cm³/mol. The maximum absolute atomic E-state index is 5.82. The quantitative estimate of drug-likeness (QED) is 0.866. The lowest BCUT2D eigenvalue weighted by atomic mass is 9.93. The molecule has 1 aliphatic heterocycles. The molecule has 2 aromatic rings. The van der Waals surface area contributed by atoms with Gasteiger partial charge in [-0.2, -0.15) is 5.10 Å². The third kappa shape index (κ3) is 1.84. The molecular weight excluding hydrogens is 226 g/mol. The van der Waals surface area contributed by atoms with Gasteiger partial charge in [0.1, 0.15) is 5.52 Å². The van der Waals surface area contributed by atoms with Gasteiger partial charge in [0.2, 0.25) is 0 Å².